The van der Waals surface area contributed by atoms with Crippen molar-refractivity contribution >= 4 is 11.9 Å². The molecule has 2 rings (SSSR count). The molecule has 7 heteroatoms. The van der Waals surface area contributed by atoms with Crippen LogP contribution in [0.2, 0.25) is 0 Å². The molecule has 0 bridgehead atoms. The number of carbonyl (C=O) groups is 2. The molecule has 1 aliphatic rings. The molecule has 1 aromatic carbocycles. The van der Waals surface area contributed by atoms with Crippen molar-refractivity contribution in [3.8, 4) is 0 Å². The predicted octanol–water partition coefficient (Wildman–Crippen LogP) is 2.43. The van der Waals surface area contributed by atoms with Crippen LogP contribution in [0.15, 0.2) is 12.1 Å². The Hall–Kier alpha value is -2.05. The maximum atomic E-state index is 13.2. The Morgan fingerprint density at radius 2 is 1.81 bits per heavy atom. The summed E-state index contributed by atoms with van der Waals surface area (Å²) in [7, 11) is 0. The molecule has 0 aliphatic carbocycles. The number of hydrogen-bond donors (Lipinski definition) is 1. The van der Waals surface area contributed by atoms with Crippen LogP contribution in [0.5, 0.6) is 0 Å². The van der Waals surface area contributed by atoms with Crippen molar-refractivity contribution in [3.05, 3.63) is 35.1 Å². The summed E-state index contributed by atoms with van der Waals surface area (Å²) in [6.45, 7) is 1.75. The molecule has 1 amide bonds. The number of nitrogens with zero attached hydrogens (tertiary/aromatic N) is 1. The molecular formula is C14H14F3NO3. The van der Waals surface area contributed by atoms with Gasteiger partial charge in [-0.1, -0.05) is 0 Å². The van der Waals surface area contributed by atoms with E-state index < -0.39 is 34.7 Å². The van der Waals surface area contributed by atoms with Crippen LogP contribution in [0.3, 0.4) is 0 Å². The number of likely N-dealkylation sites (tertiary alicyclic amines) is 1. The fourth-order valence-corrected chi connectivity index (χ4v) is 2.45. The Bertz CT molecular complexity index is 582. The SMILES string of the molecule is CC1(C(=O)O)CCCN(C(=O)c2cc(F)c(F)c(F)c2)C1. The lowest BCUT2D eigenvalue weighted by molar-refractivity contribution is -0.150. The van der Waals surface area contributed by atoms with Crippen LogP contribution in [0.1, 0.15) is 30.1 Å². The van der Waals surface area contributed by atoms with E-state index in [-0.39, 0.29) is 12.1 Å². The number of piperidine rings is 1. The lowest BCUT2D eigenvalue weighted by Gasteiger charge is -2.37. The van der Waals surface area contributed by atoms with Crippen LogP contribution < -0.4 is 0 Å². The molecule has 4 nitrogen and oxygen atoms in total. The van der Waals surface area contributed by atoms with Crippen LogP contribution in [-0.4, -0.2) is 35.0 Å². The molecule has 1 aromatic rings. The second kappa shape index (κ2) is 5.38. The highest BCUT2D eigenvalue weighted by Crippen LogP contribution is 2.30. The van der Waals surface area contributed by atoms with E-state index in [9.17, 15) is 27.9 Å². The van der Waals surface area contributed by atoms with Gasteiger partial charge in [0.05, 0.1) is 5.41 Å². The van der Waals surface area contributed by atoms with Crippen molar-refractivity contribution in [2.45, 2.75) is 19.8 Å². The number of amides is 1. The van der Waals surface area contributed by atoms with E-state index in [4.69, 9.17) is 0 Å². The average Bonchev–Trinajstić information content (AvgIpc) is 2.43. The summed E-state index contributed by atoms with van der Waals surface area (Å²) < 4.78 is 39.2. The molecule has 1 saturated heterocycles. The van der Waals surface area contributed by atoms with Gasteiger partial charge in [-0.3, -0.25) is 9.59 Å². The van der Waals surface area contributed by atoms with Crippen LogP contribution in [-0.2, 0) is 4.79 Å². The van der Waals surface area contributed by atoms with Gasteiger partial charge in [-0.15, -0.1) is 0 Å². The number of hydrogen-bond acceptors (Lipinski definition) is 2. The molecule has 0 saturated carbocycles. The fraction of sp³-hybridized carbons (Fsp3) is 0.429. The van der Waals surface area contributed by atoms with E-state index in [0.29, 0.717) is 31.5 Å². The summed E-state index contributed by atoms with van der Waals surface area (Å²) in [5.41, 5.74) is -1.42. The Morgan fingerprint density at radius 1 is 1.24 bits per heavy atom. The van der Waals surface area contributed by atoms with Crippen LogP contribution >= 0.6 is 0 Å². The highest BCUT2D eigenvalue weighted by atomic mass is 19.2. The number of carboxylic acid groups (broad SMARTS) is 1. The first-order valence-corrected chi connectivity index (χ1v) is 6.42. The molecule has 1 atom stereocenters. The molecule has 1 fully saturated rings. The lowest BCUT2D eigenvalue weighted by Crippen LogP contribution is -2.48. The molecule has 21 heavy (non-hydrogen) atoms. The number of aliphatic carboxylic acids is 1. The second-order valence-corrected chi connectivity index (χ2v) is 5.45. The van der Waals surface area contributed by atoms with Gasteiger partial charge in [0.15, 0.2) is 17.5 Å². The summed E-state index contributed by atoms with van der Waals surface area (Å²) >= 11 is 0. The summed E-state index contributed by atoms with van der Waals surface area (Å²) in [6.07, 6.45) is 0.888. The van der Waals surface area contributed by atoms with Gasteiger partial charge < -0.3 is 10.0 Å². The van der Waals surface area contributed by atoms with Gasteiger partial charge in [-0.2, -0.15) is 0 Å². The third-order valence-corrected chi connectivity index (χ3v) is 3.73. The minimum atomic E-state index is -1.64. The molecule has 1 N–H and O–H groups in total. The summed E-state index contributed by atoms with van der Waals surface area (Å²) in [4.78, 5) is 24.7. The van der Waals surface area contributed by atoms with Crippen molar-refractivity contribution in [1.82, 2.24) is 4.90 Å². The number of halogens is 3. The molecule has 1 aliphatic heterocycles. The first-order chi connectivity index (χ1) is 9.74. The average molecular weight is 301 g/mol. The van der Waals surface area contributed by atoms with Crippen molar-refractivity contribution < 1.29 is 27.9 Å². The first kappa shape index (κ1) is 15.3. The fourth-order valence-electron chi connectivity index (χ4n) is 2.45. The van der Waals surface area contributed by atoms with Gasteiger partial charge in [-0.05, 0) is 31.9 Å². The van der Waals surface area contributed by atoms with E-state index in [1.54, 1.807) is 0 Å². The van der Waals surface area contributed by atoms with Crippen molar-refractivity contribution in [2.24, 2.45) is 5.41 Å². The van der Waals surface area contributed by atoms with Crippen molar-refractivity contribution in [2.75, 3.05) is 13.1 Å². The van der Waals surface area contributed by atoms with Crippen LogP contribution in [0, 0.1) is 22.9 Å². The molecule has 1 heterocycles. The molecule has 0 aromatic heterocycles. The van der Waals surface area contributed by atoms with Crippen molar-refractivity contribution in [3.63, 3.8) is 0 Å². The van der Waals surface area contributed by atoms with E-state index in [2.05, 4.69) is 0 Å². The highest BCUT2D eigenvalue weighted by molar-refractivity contribution is 5.94. The third kappa shape index (κ3) is 2.86. The van der Waals surface area contributed by atoms with E-state index >= 15 is 0 Å². The Morgan fingerprint density at radius 3 is 2.33 bits per heavy atom. The zero-order valence-electron chi connectivity index (χ0n) is 11.3. The molecule has 0 radical (unpaired) electrons. The number of carbonyl (C=O) groups excluding carboxylic acids is 1. The smallest absolute Gasteiger partial charge is 0.311 e. The maximum Gasteiger partial charge on any atom is 0.311 e. The van der Waals surface area contributed by atoms with Crippen LogP contribution in [0.25, 0.3) is 0 Å². The van der Waals surface area contributed by atoms with Gasteiger partial charge in [0.2, 0.25) is 0 Å². The maximum absolute atomic E-state index is 13.2. The number of rotatable bonds is 2. The van der Waals surface area contributed by atoms with Gasteiger partial charge in [0, 0.05) is 18.7 Å². The Kier molecular flexibility index (Phi) is 3.93. The van der Waals surface area contributed by atoms with Gasteiger partial charge in [0.25, 0.3) is 5.91 Å². The van der Waals surface area contributed by atoms with Crippen molar-refractivity contribution in [1.29, 1.82) is 0 Å². The Balaban J connectivity index is 2.26. The molecular weight excluding hydrogens is 287 g/mol. The van der Waals surface area contributed by atoms with Gasteiger partial charge in [-0.25, -0.2) is 13.2 Å². The summed E-state index contributed by atoms with van der Waals surface area (Å²) in [5, 5.41) is 9.18. The Labute approximate surface area is 119 Å². The standard InChI is InChI=1S/C14H14F3NO3/c1-14(13(20)21)3-2-4-18(7-14)12(19)8-5-9(15)11(17)10(16)6-8/h5-6H,2-4,7H2,1H3,(H,20,21). The van der Waals surface area contributed by atoms with Gasteiger partial charge in [0.1, 0.15) is 0 Å². The quantitative estimate of drug-likeness (QED) is 0.854. The summed E-state index contributed by atoms with van der Waals surface area (Å²) in [6, 6.07) is 1.24. The van der Waals surface area contributed by atoms with E-state index in [0.717, 1.165) is 0 Å². The van der Waals surface area contributed by atoms with Crippen LogP contribution in [0.4, 0.5) is 13.2 Å². The molecule has 0 spiro atoms. The zero-order valence-corrected chi connectivity index (χ0v) is 11.3. The third-order valence-electron chi connectivity index (χ3n) is 3.73. The number of carboxylic acids is 1. The lowest BCUT2D eigenvalue weighted by atomic mass is 9.82. The second-order valence-electron chi connectivity index (χ2n) is 5.45. The predicted molar refractivity (Wildman–Crippen MR) is 67.2 cm³/mol. The van der Waals surface area contributed by atoms with E-state index in [1.165, 1.54) is 11.8 Å². The normalized spacial score (nSPS) is 22.2. The highest BCUT2D eigenvalue weighted by Gasteiger charge is 2.39. The number of benzene rings is 1. The molecule has 1 unspecified atom stereocenters. The minimum Gasteiger partial charge on any atom is -0.481 e. The van der Waals surface area contributed by atoms with E-state index in [1.807, 2.05) is 0 Å². The largest absolute Gasteiger partial charge is 0.481 e. The monoisotopic (exact) mass is 301 g/mol. The molecule has 114 valence electrons. The first-order valence-electron chi connectivity index (χ1n) is 6.42. The topological polar surface area (TPSA) is 57.6 Å². The minimum absolute atomic E-state index is 0.0538. The van der Waals surface area contributed by atoms with Gasteiger partial charge >= 0.3 is 5.97 Å². The summed E-state index contributed by atoms with van der Waals surface area (Å²) in [5.74, 6) is -6.27. The zero-order chi connectivity index (χ0) is 15.8.